The Hall–Kier alpha value is -1.98. The van der Waals surface area contributed by atoms with Gasteiger partial charge in [0.2, 0.25) is 0 Å². The van der Waals surface area contributed by atoms with Crippen LogP contribution in [0, 0.1) is 0 Å². The second-order valence-corrected chi connectivity index (χ2v) is 6.35. The van der Waals surface area contributed by atoms with Gasteiger partial charge >= 0.3 is 6.09 Å². The van der Waals surface area contributed by atoms with Crippen molar-refractivity contribution >= 4 is 17.6 Å². The van der Waals surface area contributed by atoms with Crippen LogP contribution in [0.25, 0.3) is 0 Å². The van der Waals surface area contributed by atoms with Gasteiger partial charge in [-0.25, -0.2) is 9.78 Å². The van der Waals surface area contributed by atoms with Gasteiger partial charge in [0, 0.05) is 37.1 Å². The first-order valence-electron chi connectivity index (χ1n) is 7.29. The molecule has 3 N–H and O–H groups in total. The number of rotatable bonds is 2. The molecule has 0 radical (unpaired) electrons. The molecule has 1 aromatic heterocycles. The van der Waals surface area contributed by atoms with Gasteiger partial charge in [0.1, 0.15) is 11.4 Å². The van der Waals surface area contributed by atoms with Gasteiger partial charge in [-0.2, -0.15) is 0 Å². The Morgan fingerprint density at radius 2 is 2.10 bits per heavy atom. The topological polar surface area (TPSA) is 80.5 Å². The molecule has 6 nitrogen and oxygen atoms in total. The molecule has 1 amide bonds. The van der Waals surface area contributed by atoms with Crippen LogP contribution in [0.3, 0.4) is 0 Å². The number of amides is 1. The molecule has 6 heteroatoms. The predicted octanol–water partition coefficient (Wildman–Crippen LogP) is 2.16. The lowest BCUT2D eigenvalue weighted by molar-refractivity contribution is 0.0497. The van der Waals surface area contributed by atoms with E-state index in [4.69, 9.17) is 10.5 Å². The van der Waals surface area contributed by atoms with Crippen LogP contribution in [-0.4, -0.2) is 35.8 Å². The number of anilines is 2. The van der Waals surface area contributed by atoms with Gasteiger partial charge in [0.25, 0.3) is 0 Å². The number of aromatic nitrogens is 1. The molecular weight excluding hydrogens is 268 g/mol. The largest absolute Gasteiger partial charge is 0.444 e. The Morgan fingerprint density at radius 3 is 2.67 bits per heavy atom. The van der Waals surface area contributed by atoms with Gasteiger partial charge < -0.3 is 20.7 Å². The monoisotopic (exact) mass is 292 g/mol. The number of piperidine rings is 1. The van der Waals surface area contributed by atoms with E-state index in [2.05, 4.69) is 15.2 Å². The van der Waals surface area contributed by atoms with Gasteiger partial charge in [0.15, 0.2) is 0 Å². The normalized spacial score (nSPS) is 16.6. The van der Waals surface area contributed by atoms with Gasteiger partial charge in [-0.3, -0.25) is 0 Å². The molecule has 0 aromatic carbocycles. The fourth-order valence-corrected chi connectivity index (χ4v) is 2.39. The van der Waals surface area contributed by atoms with E-state index in [1.54, 1.807) is 6.20 Å². The molecular formula is C15H24N4O2. The van der Waals surface area contributed by atoms with Crippen molar-refractivity contribution < 1.29 is 9.53 Å². The first-order chi connectivity index (χ1) is 9.83. The van der Waals surface area contributed by atoms with Crippen LogP contribution < -0.4 is 16.0 Å². The molecule has 1 aliphatic heterocycles. The number of carbonyl (C=O) groups is 1. The highest BCUT2D eigenvalue weighted by Crippen LogP contribution is 2.21. The quantitative estimate of drug-likeness (QED) is 0.873. The van der Waals surface area contributed by atoms with E-state index in [0.29, 0.717) is 5.82 Å². The fraction of sp³-hybridized carbons (Fsp3) is 0.600. The summed E-state index contributed by atoms with van der Waals surface area (Å²) in [4.78, 5) is 18.0. The molecule has 2 heterocycles. The standard InChI is InChI=1S/C15H24N4O2/c1-15(2,3)21-14(20)18-11-5-8-19(9-6-11)12-4-7-17-13(16)10-12/h4,7,10-11H,5-6,8-9H2,1-3H3,(H2,16,17)(H,18,20). The third kappa shape index (κ3) is 4.81. The van der Waals surface area contributed by atoms with Crippen molar-refractivity contribution in [2.24, 2.45) is 0 Å². The first kappa shape index (κ1) is 15.4. The molecule has 0 unspecified atom stereocenters. The van der Waals surface area contributed by atoms with E-state index in [1.165, 1.54) is 0 Å². The average Bonchev–Trinajstić information content (AvgIpc) is 2.37. The minimum absolute atomic E-state index is 0.162. The van der Waals surface area contributed by atoms with E-state index in [9.17, 15) is 4.79 Å². The minimum Gasteiger partial charge on any atom is -0.444 e. The molecule has 1 aromatic rings. The summed E-state index contributed by atoms with van der Waals surface area (Å²) in [5.41, 5.74) is 6.33. The van der Waals surface area contributed by atoms with Crippen molar-refractivity contribution in [3.63, 3.8) is 0 Å². The second-order valence-electron chi connectivity index (χ2n) is 6.35. The molecule has 0 saturated carbocycles. The highest BCUT2D eigenvalue weighted by atomic mass is 16.6. The maximum atomic E-state index is 11.8. The number of ether oxygens (including phenoxy) is 1. The minimum atomic E-state index is -0.459. The Balaban J connectivity index is 1.82. The molecule has 21 heavy (non-hydrogen) atoms. The Labute approximate surface area is 125 Å². The number of nitrogens with zero attached hydrogens (tertiary/aromatic N) is 2. The second kappa shape index (κ2) is 6.20. The summed E-state index contributed by atoms with van der Waals surface area (Å²) in [7, 11) is 0. The van der Waals surface area contributed by atoms with E-state index < -0.39 is 5.60 Å². The molecule has 0 aliphatic carbocycles. The number of nitrogens with one attached hydrogen (secondary N) is 1. The van der Waals surface area contributed by atoms with Crippen molar-refractivity contribution in [2.75, 3.05) is 23.7 Å². The highest BCUT2D eigenvalue weighted by Gasteiger charge is 2.23. The summed E-state index contributed by atoms with van der Waals surface area (Å²) in [6.45, 7) is 7.35. The zero-order valence-corrected chi connectivity index (χ0v) is 12.9. The lowest BCUT2D eigenvalue weighted by Gasteiger charge is -2.34. The zero-order chi connectivity index (χ0) is 15.5. The van der Waals surface area contributed by atoms with Gasteiger partial charge in [-0.15, -0.1) is 0 Å². The number of nitrogen functional groups attached to an aromatic ring is 1. The van der Waals surface area contributed by atoms with Crippen LogP contribution in [0.2, 0.25) is 0 Å². The summed E-state index contributed by atoms with van der Waals surface area (Å²) in [6.07, 6.45) is 3.16. The summed E-state index contributed by atoms with van der Waals surface area (Å²) < 4.78 is 5.28. The van der Waals surface area contributed by atoms with Crippen LogP contribution in [0.5, 0.6) is 0 Å². The van der Waals surface area contributed by atoms with Crippen LogP contribution in [0.4, 0.5) is 16.3 Å². The zero-order valence-electron chi connectivity index (χ0n) is 12.9. The number of nitrogens with two attached hydrogens (primary N) is 1. The molecule has 0 bridgehead atoms. The number of pyridine rings is 1. The number of hydrogen-bond acceptors (Lipinski definition) is 5. The maximum absolute atomic E-state index is 11.8. The lowest BCUT2D eigenvalue weighted by Crippen LogP contribution is -2.46. The van der Waals surface area contributed by atoms with E-state index in [-0.39, 0.29) is 12.1 Å². The van der Waals surface area contributed by atoms with E-state index >= 15 is 0 Å². The Bertz CT molecular complexity index is 491. The van der Waals surface area contributed by atoms with Gasteiger partial charge in [-0.05, 0) is 39.7 Å². The van der Waals surface area contributed by atoms with E-state index in [0.717, 1.165) is 31.6 Å². The highest BCUT2D eigenvalue weighted by molar-refractivity contribution is 5.68. The Morgan fingerprint density at radius 1 is 1.43 bits per heavy atom. The summed E-state index contributed by atoms with van der Waals surface area (Å²) in [5, 5.41) is 2.93. The SMILES string of the molecule is CC(C)(C)OC(=O)NC1CCN(c2ccnc(N)c2)CC1. The maximum Gasteiger partial charge on any atom is 0.407 e. The van der Waals surface area contributed by atoms with Crippen molar-refractivity contribution in [3.05, 3.63) is 18.3 Å². The lowest BCUT2D eigenvalue weighted by atomic mass is 10.0. The van der Waals surface area contributed by atoms with Crippen molar-refractivity contribution in [1.82, 2.24) is 10.3 Å². The van der Waals surface area contributed by atoms with Crippen molar-refractivity contribution in [2.45, 2.75) is 45.3 Å². The first-order valence-corrected chi connectivity index (χ1v) is 7.29. The van der Waals surface area contributed by atoms with Crippen LogP contribution >= 0.6 is 0 Å². The van der Waals surface area contributed by atoms with Crippen molar-refractivity contribution in [1.29, 1.82) is 0 Å². The van der Waals surface area contributed by atoms with Crippen LogP contribution in [-0.2, 0) is 4.74 Å². The molecule has 1 fully saturated rings. The fourth-order valence-electron chi connectivity index (χ4n) is 2.39. The average molecular weight is 292 g/mol. The number of carbonyl (C=O) groups excluding carboxylic acids is 1. The molecule has 1 saturated heterocycles. The molecule has 1 aliphatic rings. The predicted molar refractivity (Wildman–Crippen MR) is 83.3 cm³/mol. The van der Waals surface area contributed by atoms with Gasteiger partial charge in [-0.1, -0.05) is 0 Å². The van der Waals surface area contributed by atoms with Crippen molar-refractivity contribution in [3.8, 4) is 0 Å². The third-order valence-corrected chi connectivity index (χ3v) is 3.35. The molecule has 0 spiro atoms. The summed E-state index contributed by atoms with van der Waals surface area (Å²) in [6, 6.07) is 4.00. The van der Waals surface area contributed by atoms with Gasteiger partial charge in [0.05, 0.1) is 0 Å². The van der Waals surface area contributed by atoms with E-state index in [1.807, 2.05) is 32.9 Å². The molecule has 2 rings (SSSR count). The van der Waals surface area contributed by atoms with Crippen LogP contribution in [0.1, 0.15) is 33.6 Å². The number of hydrogen-bond donors (Lipinski definition) is 2. The van der Waals surface area contributed by atoms with Crippen LogP contribution in [0.15, 0.2) is 18.3 Å². The molecule has 116 valence electrons. The smallest absolute Gasteiger partial charge is 0.407 e. The summed E-state index contributed by atoms with van der Waals surface area (Å²) in [5.74, 6) is 0.529. The third-order valence-electron chi connectivity index (χ3n) is 3.35. The molecule has 0 atom stereocenters. The summed E-state index contributed by atoms with van der Waals surface area (Å²) >= 11 is 0. The number of alkyl carbamates (subject to hydrolysis) is 1. The Kier molecular flexibility index (Phi) is 4.55.